The van der Waals surface area contributed by atoms with E-state index in [0.29, 0.717) is 23.4 Å². The number of hydrogen-bond acceptors (Lipinski definition) is 3. The second kappa shape index (κ2) is 7.36. The lowest BCUT2D eigenvalue weighted by atomic mass is 10.1. The summed E-state index contributed by atoms with van der Waals surface area (Å²) in [7, 11) is 0. The minimum absolute atomic E-state index is 0.0185. The Hall–Kier alpha value is -3.20. The van der Waals surface area contributed by atoms with Gasteiger partial charge in [0.2, 0.25) is 11.8 Å². The van der Waals surface area contributed by atoms with E-state index in [2.05, 4.69) is 0 Å². The smallest absolute Gasteiger partial charge is 0.246 e. The number of hydrogen-bond donors (Lipinski definition) is 0. The van der Waals surface area contributed by atoms with Gasteiger partial charge in [-0.25, -0.2) is 4.39 Å². The van der Waals surface area contributed by atoms with Gasteiger partial charge in [-0.15, -0.1) is 0 Å². The third-order valence-corrected chi connectivity index (χ3v) is 4.46. The number of anilines is 1. The highest BCUT2D eigenvalue weighted by Crippen LogP contribution is 2.21. The van der Waals surface area contributed by atoms with Gasteiger partial charge in [0.05, 0.1) is 18.1 Å². The Kier molecular flexibility index (Phi) is 4.99. The van der Waals surface area contributed by atoms with Gasteiger partial charge in [0, 0.05) is 18.3 Å². The first-order valence-corrected chi connectivity index (χ1v) is 8.32. The Morgan fingerprint density at radius 1 is 1.27 bits per heavy atom. The summed E-state index contributed by atoms with van der Waals surface area (Å²) in [5.74, 6) is -0.763. The van der Waals surface area contributed by atoms with E-state index in [-0.39, 0.29) is 36.6 Å². The van der Waals surface area contributed by atoms with E-state index in [9.17, 15) is 14.0 Å². The molecule has 132 valence electrons. The Morgan fingerprint density at radius 2 is 2.00 bits per heavy atom. The monoisotopic (exact) mass is 351 g/mol. The number of halogens is 1. The Balaban J connectivity index is 1.70. The lowest BCUT2D eigenvalue weighted by molar-refractivity contribution is -0.138. The Labute approximate surface area is 151 Å². The number of amides is 2. The van der Waals surface area contributed by atoms with Crippen LogP contribution in [0, 0.1) is 17.1 Å². The summed E-state index contributed by atoms with van der Waals surface area (Å²) in [6.45, 7) is 2.24. The van der Waals surface area contributed by atoms with Crippen LogP contribution in [0.4, 0.5) is 10.1 Å². The first-order valence-electron chi connectivity index (χ1n) is 8.32. The standard InChI is InChI=1S/C20H18FN3O2/c1-14-12-24(18-7-5-15(11-22)6-8-18)20(26)13-23(14)19(25)10-16-3-2-4-17(21)9-16/h2-9,14H,10,12-13H2,1H3/t14-/m0/s1. The van der Waals surface area contributed by atoms with Crippen molar-refractivity contribution in [2.24, 2.45) is 0 Å². The molecule has 1 fully saturated rings. The van der Waals surface area contributed by atoms with Crippen LogP contribution in [0.3, 0.4) is 0 Å². The molecule has 0 N–H and O–H groups in total. The topological polar surface area (TPSA) is 64.4 Å². The highest BCUT2D eigenvalue weighted by Gasteiger charge is 2.33. The van der Waals surface area contributed by atoms with Crippen LogP contribution in [0.1, 0.15) is 18.1 Å². The molecule has 0 bridgehead atoms. The van der Waals surface area contributed by atoms with Crippen molar-refractivity contribution in [1.82, 2.24) is 4.90 Å². The predicted molar refractivity (Wildman–Crippen MR) is 94.8 cm³/mol. The minimum atomic E-state index is -0.384. The fourth-order valence-electron chi connectivity index (χ4n) is 3.07. The fraction of sp³-hybridized carbons (Fsp3) is 0.250. The molecule has 2 amide bonds. The van der Waals surface area contributed by atoms with E-state index in [0.717, 1.165) is 0 Å². The molecule has 0 saturated carbocycles. The minimum Gasteiger partial charge on any atom is -0.329 e. The highest BCUT2D eigenvalue weighted by molar-refractivity contribution is 5.98. The molecule has 26 heavy (non-hydrogen) atoms. The van der Waals surface area contributed by atoms with Crippen molar-refractivity contribution >= 4 is 17.5 Å². The van der Waals surface area contributed by atoms with E-state index in [1.165, 1.54) is 17.0 Å². The van der Waals surface area contributed by atoms with Crippen LogP contribution in [0.5, 0.6) is 0 Å². The second-order valence-corrected chi connectivity index (χ2v) is 6.34. The van der Waals surface area contributed by atoms with Crippen molar-refractivity contribution in [2.75, 3.05) is 18.0 Å². The molecular weight excluding hydrogens is 333 g/mol. The summed E-state index contributed by atoms with van der Waals surface area (Å²) in [5, 5.41) is 8.87. The molecule has 3 rings (SSSR count). The molecule has 1 aliphatic heterocycles. The van der Waals surface area contributed by atoms with E-state index in [1.54, 1.807) is 41.3 Å². The number of carbonyl (C=O) groups is 2. The van der Waals surface area contributed by atoms with Crippen LogP contribution in [-0.4, -0.2) is 35.8 Å². The van der Waals surface area contributed by atoms with Crippen LogP contribution in [0.2, 0.25) is 0 Å². The number of rotatable bonds is 3. The summed E-state index contributed by atoms with van der Waals surface area (Å²) in [6, 6.07) is 14.6. The first-order chi connectivity index (χ1) is 12.5. The van der Waals surface area contributed by atoms with Gasteiger partial charge in [0.25, 0.3) is 0 Å². The zero-order chi connectivity index (χ0) is 18.7. The maximum atomic E-state index is 13.3. The van der Waals surface area contributed by atoms with Crippen LogP contribution in [0.25, 0.3) is 0 Å². The zero-order valence-electron chi connectivity index (χ0n) is 14.4. The van der Waals surface area contributed by atoms with Crippen molar-refractivity contribution in [1.29, 1.82) is 5.26 Å². The fourth-order valence-corrected chi connectivity index (χ4v) is 3.07. The SMILES string of the molecule is C[C@H]1CN(c2ccc(C#N)cc2)C(=O)CN1C(=O)Cc1cccc(F)c1. The molecule has 2 aromatic rings. The van der Waals surface area contributed by atoms with E-state index >= 15 is 0 Å². The Bertz CT molecular complexity index is 873. The third kappa shape index (κ3) is 3.72. The molecule has 1 atom stereocenters. The second-order valence-electron chi connectivity index (χ2n) is 6.34. The van der Waals surface area contributed by atoms with Gasteiger partial charge in [-0.1, -0.05) is 12.1 Å². The molecule has 1 aliphatic rings. The van der Waals surface area contributed by atoms with Gasteiger partial charge < -0.3 is 9.80 Å². The first kappa shape index (κ1) is 17.6. The highest BCUT2D eigenvalue weighted by atomic mass is 19.1. The third-order valence-electron chi connectivity index (χ3n) is 4.46. The molecule has 0 aliphatic carbocycles. The van der Waals surface area contributed by atoms with Gasteiger partial charge in [-0.05, 0) is 48.9 Å². The number of carbonyl (C=O) groups excluding carboxylic acids is 2. The summed E-state index contributed by atoms with van der Waals surface area (Å²) in [6.07, 6.45) is 0.0618. The summed E-state index contributed by atoms with van der Waals surface area (Å²) >= 11 is 0. The molecule has 1 saturated heterocycles. The Morgan fingerprint density at radius 3 is 2.65 bits per heavy atom. The van der Waals surface area contributed by atoms with Gasteiger partial charge in [0.15, 0.2) is 0 Å². The van der Waals surface area contributed by atoms with Crippen molar-refractivity contribution in [3.63, 3.8) is 0 Å². The van der Waals surface area contributed by atoms with Gasteiger partial charge in [-0.2, -0.15) is 5.26 Å². The van der Waals surface area contributed by atoms with E-state index in [4.69, 9.17) is 5.26 Å². The molecule has 0 unspecified atom stereocenters. The molecule has 5 nitrogen and oxygen atoms in total. The molecule has 0 aromatic heterocycles. The maximum absolute atomic E-state index is 13.3. The van der Waals surface area contributed by atoms with Gasteiger partial charge >= 0.3 is 0 Å². The summed E-state index contributed by atoms with van der Waals surface area (Å²) < 4.78 is 13.3. The van der Waals surface area contributed by atoms with Crippen molar-refractivity contribution in [2.45, 2.75) is 19.4 Å². The lowest BCUT2D eigenvalue weighted by Gasteiger charge is -2.39. The normalized spacial score (nSPS) is 17.1. The molecule has 1 heterocycles. The molecule has 2 aromatic carbocycles. The van der Waals surface area contributed by atoms with E-state index < -0.39 is 0 Å². The molecule has 0 radical (unpaired) electrons. The molecule has 6 heteroatoms. The van der Waals surface area contributed by atoms with Crippen LogP contribution in [0.15, 0.2) is 48.5 Å². The summed E-state index contributed by atoms with van der Waals surface area (Å²) in [5.41, 5.74) is 1.82. The van der Waals surface area contributed by atoms with Crippen LogP contribution >= 0.6 is 0 Å². The van der Waals surface area contributed by atoms with Crippen LogP contribution < -0.4 is 4.90 Å². The average Bonchev–Trinajstić information content (AvgIpc) is 2.63. The zero-order valence-corrected chi connectivity index (χ0v) is 14.4. The number of nitrogens with zero attached hydrogens (tertiary/aromatic N) is 3. The van der Waals surface area contributed by atoms with E-state index in [1.807, 2.05) is 13.0 Å². The van der Waals surface area contributed by atoms with Gasteiger partial charge in [0.1, 0.15) is 12.4 Å². The lowest BCUT2D eigenvalue weighted by Crippen LogP contribution is -2.57. The van der Waals surface area contributed by atoms with Crippen molar-refractivity contribution in [3.8, 4) is 6.07 Å². The maximum Gasteiger partial charge on any atom is 0.246 e. The quantitative estimate of drug-likeness (QED) is 0.853. The van der Waals surface area contributed by atoms with Crippen molar-refractivity contribution in [3.05, 3.63) is 65.5 Å². The van der Waals surface area contributed by atoms with Crippen molar-refractivity contribution < 1.29 is 14.0 Å². The molecular formula is C20H18FN3O2. The predicted octanol–water partition coefficient (Wildman–Crippen LogP) is 2.50. The van der Waals surface area contributed by atoms with Gasteiger partial charge in [-0.3, -0.25) is 9.59 Å². The largest absolute Gasteiger partial charge is 0.329 e. The number of benzene rings is 2. The number of piperazine rings is 1. The molecule has 0 spiro atoms. The number of nitriles is 1. The average molecular weight is 351 g/mol. The summed E-state index contributed by atoms with van der Waals surface area (Å²) in [4.78, 5) is 28.2. The van der Waals surface area contributed by atoms with Crippen LogP contribution in [-0.2, 0) is 16.0 Å².